The van der Waals surface area contributed by atoms with Gasteiger partial charge in [-0.15, -0.1) is 0 Å². The van der Waals surface area contributed by atoms with Gasteiger partial charge in [-0.3, -0.25) is 67.3 Å². The molecule has 2 aliphatic heterocycles. The first kappa shape index (κ1) is 78.5. The van der Waals surface area contributed by atoms with E-state index in [1.54, 1.807) is 60.7 Å². The third-order valence-electron chi connectivity index (χ3n) is 16.0. The van der Waals surface area contributed by atoms with Crippen molar-refractivity contribution in [3.05, 3.63) is 71.8 Å². The molecule has 2 heterocycles. The molecule has 0 aromatic heterocycles. The van der Waals surface area contributed by atoms with Crippen LogP contribution >= 0.6 is 11.8 Å². The van der Waals surface area contributed by atoms with E-state index in [0.29, 0.717) is 55.4 Å². The monoisotopic (exact) mass is 1350 g/mol. The summed E-state index contributed by atoms with van der Waals surface area (Å²) in [5.74, 6) is -9.80. The molecule has 0 saturated carbocycles. The predicted molar refractivity (Wildman–Crippen MR) is 356 cm³/mol. The van der Waals surface area contributed by atoms with Gasteiger partial charge >= 0.3 is 0 Å². The van der Waals surface area contributed by atoms with Crippen molar-refractivity contribution in [2.75, 3.05) is 44.7 Å². The zero-order chi connectivity index (χ0) is 70.1. The van der Waals surface area contributed by atoms with Crippen LogP contribution in [-0.2, 0) is 75.2 Å². The lowest BCUT2D eigenvalue weighted by atomic mass is 10.0. The maximum atomic E-state index is 14.7. The summed E-state index contributed by atoms with van der Waals surface area (Å²) in [5, 5.41) is 21.1. The van der Waals surface area contributed by atoms with Gasteiger partial charge < -0.3 is 92.5 Å². The lowest BCUT2D eigenvalue weighted by Gasteiger charge is -2.32. The van der Waals surface area contributed by atoms with Crippen LogP contribution in [0, 0.1) is 5.92 Å². The minimum absolute atomic E-state index is 0.0736. The molecular weight excluding hydrogens is 1250 g/mol. The number of hydrogen-bond donors (Lipinski definition) is 15. The number of carbonyl (C=O) groups excluding carboxylic acids is 13. The summed E-state index contributed by atoms with van der Waals surface area (Å²) in [5.41, 5.74) is 40.6. The summed E-state index contributed by atoms with van der Waals surface area (Å²) in [4.78, 5) is 185. The number of nitrogens with zero attached hydrogens (tertiary/aromatic N) is 3. The van der Waals surface area contributed by atoms with E-state index in [1.165, 1.54) is 21.6 Å². The number of benzene rings is 2. The number of primary amides is 3. The Hall–Kier alpha value is -8.91. The fourth-order valence-electron chi connectivity index (χ4n) is 11.0. The molecule has 95 heavy (non-hydrogen) atoms. The van der Waals surface area contributed by atoms with Crippen molar-refractivity contribution >= 4 is 94.5 Å². The summed E-state index contributed by atoms with van der Waals surface area (Å²) in [6, 6.07) is 4.51. The molecule has 2 saturated heterocycles. The van der Waals surface area contributed by atoms with Gasteiger partial charge in [0.2, 0.25) is 76.8 Å². The highest BCUT2D eigenvalue weighted by molar-refractivity contribution is 7.98. The molecule has 2 aliphatic rings. The predicted octanol–water partition coefficient (Wildman–Crippen LogP) is -3.71. The van der Waals surface area contributed by atoms with Crippen molar-refractivity contribution in [2.45, 2.75) is 183 Å². The van der Waals surface area contributed by atoms with Gasteiger partial charge in [0.1, 0.15) is 54.4 Å². The smallest absolute Gasteiger partial charge is 0.245 e. The number of carbonyl (C=O) groups is 13. The first-order valence-electron chi connectivity index (χ1n) is 32.2. The highest BCUT2D eigenvalue weighted by Crippen LogP contribution is 2.24. The maximum Gasteiger partial charge on any atom is 0.245 e. The number of nitrogens with one attached hydrogen (secondary N) is 8. The fourth-order valence-corrected chi connectivity index (χ4v) is 11.5. The second-order valence-corrected chi connectivity index (χ2v) is 25.1. The van der Waals surface area contributed by atoms with E-state index in [9.17, 15) is 62.3 Å². The quantitative estimate of drug-likeness (QED) is 0.0173. The number of unbranched alkanes of at least 4 members (excludes halogenated alkanes) is 1. The van der Waals surface area contributed by atoms with Crippen LogP contribution in [0.5, 0.6) is 0 Å². The van der Waals surface area contributed by atoms with E-state index in [0.717, 1.165) is 0 Å². The number of likely N-dealkylation sites (tertiary alicyclic amines) is 2. The van der Waals surface area contributed by atoms with Gasteiger partial charge in [-0.05, 0) is 119 Å². The summed E-state index contributed by atoms with van der Waals surface area (Å²) >= 11 is 1.45. The zero-order valence-electron chi connectivity index (χ0n) is 54.5. The average Bonchev–Trinajstić information content (AvgIpc) is 1.74. The number of aliphatic imine (C=N–C) groups is 1. The van der Waals surface area contributed by atoms with E-state index in [-0.39, 0.29) is 83.0 Å². The van der Waals surface area contributed by atoms with Crippen LogP contribution in [0.1, 0.15) is 121 Å². The molecular formula is C63H98N18O13S. The van der Waals surface area contributed by atoms with Crippen LogP contribution < -0.4 is 82.7 Å². The largest absolute Gasteiger partial charge is 0.370 e. The Balaban J connectivity index is 1.56. The lowest BCUT2D eigenvalue weighted by molar-refractivity contribution is -0.144. The standard InChI is InChI=1S/C63H98N18O13S/c1-37(2)33-45(57(89)74-41(53(68)85)27-32-95-3)73-52(84)36-72-54(86)46(34-38-15-6-4-7-16-38)78-58(90)47(35-39-17-8-5-9-18-39)79-56(88)42(23-25-50(66)82)75-55(87)43(24-26-51(67)83)76-59(91)49-22-14-31-81(49)62(94)44(20-10-11-28-64)77-60(92)48-21-13-30-80(48)61(93)40(65)19-12-29-71-63(69)70/h4-9,15-18,37,40-49H,10-14,19-36,64-65H2,1-3H3,(H2,66,82)(H2,67,83)(H2,68,85)(H,72,86)(H,73,84)(H,74,89)(H,75,87)(H,76,91)(H,77,92)(H,78,90)(H,79,88)(H4,69,70,71)/t40-,41-,42+,43-,44-,45+,46+,47-,48+,49+/m0/s1. The molecule has 32 heteroatoms. The van der Waals surface area contributed by atoms with Crippen molar-refractivity contribution in [1.82, 2.24) is 52.3 Å². The second-order valence-electron chi connectivity index (χ2n) is 24.1. The molecule has 2 aromatic carbocycles. The van der Waals surface area contributed by atoms with Gasteiger partial charge in [0.05, 0.1) is 12.6 Å². The molecule has 31 nitrogen and oxygen atoms in total. The summed E-state index contributed by atoms with van der Waals surface area (Å²) in [6.45, 7) is 3.86. The molecule has 0 aliphatic carbocycles. The van der Waals surface area contributed by atoms with Crippen molar-refractivity contribution in [1.29, 1.82) is 0 Å². The number of thioether (sulfide) groups is 1. The summed E-state index contributed by atoms with van der Waals surface area (Å²) in [7, 11) is 0. The topological polar surface area (TPSA) is 519 Å². The molecule has 524 valence electrons. The molecule has 2 fully saturated rings. The molecule has 22 N–H and O–H groups in total. The summed E-state index contributed by atoms with van der Waals surface area (Å²) < 4.78 is 0. The minimum atomic E-state index is -1.64. The highest BCUT2D eigenvalue weighted by atomic mass is 32.2. The van der Waals surface area contributed by atoms with Crippen molar-refractivity contribution in [3.8, 4) is 0 Å². The summed E-state index contributed by atoms with van der Waals surface area (Å²) in [6.07, 6.45) is 3.12. The van der Waals surface area contributed by atoms with Crippen LogP contribution in [-0.4, -0.2) is 198 Å². The van der Waals surface area contributed by atoms with Crippen LogP contribution in [0.3, 0.4) is 0 Å². The van der Waals surface area contributed by atoms with Crippen LogP contribution in [0.2, 0.25) is 0 Å². The van der Waals surface area contributed by atoms with Crippen molar-refractivity contribution < 1.29 is 62.3 Å². The van der Waals surface area contributed by atoms with E-state index >= 15 is 0 Å². The van der Waals surface area contributed by atoms with Crippen LogP contribution in [0.25, 0.3) is 0 Å². The molecule has 2 aromatic rings. The molecule has 10 atom stereocenters. The van der Waals surface area contributed by atoms with Crippen LogP contribution in [0.15, 0.2) is 65.7 Å². The van der Waals surface area contributed by atoms with Crippen molar-refractivity contribution in [2.24, 2.45) is 51.0 Å². The van der Waals surface area contributed by atoms with Gasteiger partial charge in [0.25, 0.3) is 0 Å². The van der Waals surface area contributed by atoms with Crippen LogP contribution in [0.4, 0.5) is 0 Å². The molecule has 0 bridgehead atoms. The van der Waals surface area contributed by atoms with E-state index in [4.69, 9.17) is 40.1 Å². The van der Waals surface area contributed by atoms with E-state index in [1.807, 2.05) is 20.1 Å². The molecule has 13 amide bonds. The Kier molecular flexibility index (Phi) is 33.9. The first-order valence-corrected chi connectivity index (χ1v) is 33.6. The van der Waals surface area contributed by atoms with Gasteiger partial charge in [0.15, 0.2) is 5.96 Å². The number of rotatable bonds is 42. The molecule has 0 unspecified atom stereocenters. The van der Waals surface area contributed by atoms with Gasteiger partial charge in [-0.25, -0.2) is 0 Å². The number of nitrogens with two attached hydrogens (primary N) is 7. The Morgan fingerprint density at radius 3 is 1.51 bits per heavy atom. The Labute approximate surface area is 558 Å². The minimum Gasteiger partial charge on any atom is -0.370 e. The molecule has 4 rings (SSSR count). The van der Waals surface area contributed by atoms with Gasteiger partial charge in [-0.2, -0.15) is 11.8 Å². The Morgan fingerprint density at radius 1 is 0.537 bits per heavy atom. The third kappa shape index (κ3) is 27.5. The first-order chi connectivity index (χ1) is 45.2. The second kappa shape index (κ2) is 41.0. The molecule has 0 radical (unpaired) electrons. The Morgan fingerprint density at radius 2 is 1.01 bits per heavy atom. The van der Waals surface area contributed by atoms with Gasteiger partial charge in [0, 0.05) is 45.3 Å². The third-order valence-corrected chi connectivity index (χ3v) is 16.7. The van der Waals surface area contributed by atoms with Crippen molar-refractivity contribution in [3.63, 3.8) is 0 Å². The highest BCUT2D eigenvalue weighted by Gasteiger charge is 2.42. The lowest BCUT2D eigenvalue weighted by Crippen LogP contribution is -2.60. The SMILES string of the molecule is CSCC[C@H](NC(=O)[C@@H](CC(C)C)NC(=O)CNC(=O)[C@@H](Cc1ccccc1)NC(=O)[C@H](Cc1ccccc1)NC(=O)[C@@H](CCC(N)=O)NC(=O)[C@H](CCC(N)=O)NC(=O)[C@H]1CCCN1C(=O)[C@H](CCCCN)NC(=O)[C@H]1CCCN1C(=O)[C@@H](N)CCCN=C(N)N)C(N)=O. The fraction of sp³-hybridized carbons (Fsp3) is 0.587. The molecule has 0 spiro atoms. The zero-order valence-corrected chi connectivity index (χ0v) is 55.3. The van der Waals surface area contributed by atoms with E-state index in [2.05, 4.69) is 47.5 Å². The normalized spacial score (nSPS) is 16.8. The number of amides is 13. The van der Waals surface area contributed by atoms with E-state index < -0.39 is 169 Å². The Bertz CT molecular complexity index is 2960. The maximum absolute atomic E-state index is 14.7. The average molecular weight is 1350 g/mol. The number of guanidine groups is 1. The van der Waals surface area contributed by atoms with Gasteiger partial charge in [-0.1, -0.05) is 74.5 Å². The number of hydrogen-bond acceptors (Lipinski definition) is 17.